The molecule has 32 heavy (non-hydrogen) atoms. The Balaban J connectivity index is 2.55. The lowest BCUT2D eigenvalue weighted by Gasteiger charge is -2.24. The highest BCUT2D eigenvalue weighted by Crippen LogP contribution is 2.56. The molecule has 0 spiro atoms. The largest absolute Gasteiger partial charge is 0.493 e. The smallest absolute Gasteiger partial charge is 0.342 e. The number of ether oxygens (including phenoxy) is 7. The molecule has 0 atom stereocenters. The van der Waals surface area contributed by atoms with Gasteiger partial charge >= 0.3 is 5.97 Å². The third kappa shape index (κ3) is 3.62. The molecule has 1 aliphatic heterocycles. The summed E-state index contributed by atoms with van der Waals surface area (Å²) in [5, 5.41) is 3.37. The van der Waals surface area contributed by atoms with Gasteiger partial charge in [-0.05, 0) is 24.1 Å². The summed E-state index contributed by atoms with van der Waals surface area (Å²) in [6.07, 6.45) is 0. The molecule has 0 saturated carbocycles. The van der Waals surface area contributed by atoms with E-state index in [2.05, 4.69) is 5.32 Å². The number of hydrogen-bond acceptors (Lipinski definition) is 9. The second-order valence-corrected chi connectivity index (χ2v) is 6.83. The number of carbonyl (C=O) groups excluding carboxylic acids is 1. The van der Waals surface area contributed by atoms with Crippen molar-refractivity contribution in [3.63, 3.8) is 0 Å². The third-order valence-corrected chi connectivity index (χ3v) is 5.34. The van der Waals surface area contributed by atoms with Crippen LogP contribution in [-0.4, -0.2) is 55.2 Å². The van der Waals surface area contributed by atoms with Gasteiger partial charge in [-0.2, -0.15) is 0 Å². The first-order valence-electron chi connectivity index (χ1n) is 10.1. The van der Waals surface area contributed by atoms with E-state index < -0.39 is 5.97 Å². The SMILES string of the molecule is CCOC(=O)c1c2c(c(OC)c(OC)c1OC)-c1c(cc(OC)c(OC)c1OC)CNC2. The zero-order chi connectivity index (χ0) is 23.4. The maximum atomic E-state index is 13.1. The van der Waals surface area contributed by atoms with Gasteiger partial charge in [-0.15, -0.1) is 0 Å². The standard InChI is InChI=1S/C23H29NO8/c1-8-32-23(25)17-13-11-24-10-12-9-14(26-2)18(27-3)19(28-4)15(12)16(13)20(29-5)22(31-7)21(17)30-6/h9,24H,8,10-11H2,1-7H3. The van der Waals surface area contributed by atoms with E-state index in [1.54, 1.807) is 28.3 Å². The van der Waals surface area contributed by atoms with Gasteiger partial charge in [0, 0.05) is 24.2 Å². The first kappa shape index (κ1) is 23.3. The van der Waals surface area contributed by atoms with E-state index in [1.165, 1.54) is 21.3 Å². The number of rotatable bonds is 8. The monoisotopic (exact) mass is 447 g/mol. The van der Waals surface area contributed by atoms with Crippen molar-refractivity contribution >= 4 is 5.97 Å². The topological polar surface area (TPSA) is 93.7 Å². The predicted octanol–water partition coefficient (Wildman–Crippen LogP) is 3.19. The van der Waals surface area contributed by atoms with Crippen LogP contribution in [0.3, 0.4) is 0 Å². The molecular formula is C23H29NO8. The number of benzene rings is 2. The van der Waals surface area contributed by atoms with Gasteiger partial charge in [-0.1, -0.05) is 0 Å². The molecular weight excluding hydrogens is 418 g/mol. The first-order chi connectivity index (χ1) is 15.5. The van der Waals surface area contributed by atoms with Crippen LogP contribution >= 0.6 is 0 Å². The van der Waals surface area contributed by atoms with Crippen molar-refractivity contribution in [2.75, 3.05) is 49.3 Å². The molecule has 0 fully saturated rings. The van der Waals surface area contributed by atoms with Crippen LogP contribution in [0.25, 0.3) is 11.1 Å². The highest BCUT2D eigenvalue weighted by molar-refractivity contribution is 6.01. The lowest BCUT2D eigenvalue weighted by atomic mass is 9.90. The van der Waals surface area contributed by atoms with Crippen LogP contribution in [0.2, 0.25) is 0 Å². The summed E-state index contributed by atoms with van der Waals surface area (Å²) >= 11 is 0. The molecule has 0 radical (unpaired) electrons. The Morgan fingerprint density at radius 1 is 0.781 bits per heavy atom. The lowest BCUT2D eigenvalue weighted by molar-refractivity contribution is 0.0520. The van der Waals surface area contributed by atoms with Gasteiger partial charge in [0.2, 0.25) is 11.5 Å². The van der Waals surface area contributed by atoms with Crippen molar-refractivity contribution in [1.82, 2.24) is 5.32 Å². The number of carbonyl (C=O) groups is 1. The van der Waals surface area contributed by atoms with E-state index >= 15 is 0 Å². The first-order valence-corrected chi connectivity index (χ1v) is 10.1. The summed E-state index contributed by atoms with van der Waals surface area (Å²) in [6, 6.07) is 1.87. The highest BCUT2D eigenvalue weighted by Gasteiger charge is 2.36. The van der Waals surface area contributed by atoms with Crippen LogP contribution in [0.5, 0.6) is 34.5 Å². The van der Waals surface area contributed by atoms with Crippen LogP contribution in [0, 0.1) is 0 Å². The fraction of sp³-hybridized carbons (Fsp3) is 0.435. The molecule has 0 unspecified atom stereocenters. The Bertz CT molecular complexity index is 1020. The molecule has 0 saturated heterocycles. The summed E-state index contributed by atoms with van der Waals surface area (Å²) in [6.45, 7) is 2.79. The summed E-state index contributed by atoms with van der Waals surface area (Å²) in [5.74, 6) is 1.81. The molecule has 1 aliphatic rings. The Morgan fingerprint density at radius 2 is 1.38 bits per heavy atom. The maximum Gasteiger partial charge on any atom is 0.342 e. The minimum absolute atomic E-state index is 0.212. The fourth-order valence-corrected chi connectivity index (χ4v) is 4.11. The Labute approximate surface area is 187 Å². The van der Waals surface area contributed by atoms with E-state index in [-0.39, 0.29) is 23.7 Å². The normalized spacial score (nSPS) is 12.1. The molecule has 3 rings (SSSR count). The minimum atomic E-state index is -0.522. The summed E-state index contributed by atoms with van der Waals surface area (Å²) in [5.41, 5.74) is 3.11. The van der Waals surface area contributed by atoms with Crippen molar-refractivity contribution in [3.8, 4) is 45.6 Å². The van der Waals surface area contributed by atoms with Crippen LogP contribution in [0.1, 0.15) is 28.4 Å². The van der Waals surface area contributed by atoms with Gasteiger partial charge in [0.15, 0.2) is 23.0 Å². The number of hydrogen-bond donors (Lipinski definition) is 1. The number of nitrogens with one attached hydrogen (secondary N) is 1. The molecule has 1 heterocycles. The van der Waals surface area contributed by atoms with E-state index in [1.807, 2.05) is 6.07 Å². The van der Waals surface area contributed by atoms with Crippen molar-refractivity contribution < 1.29 is 38.0 Å². The molecule has 0 aliphatic carbocycles. The van der Waals surface area contributed by atoms with Gasteiger partial charge in [0.05, 0.1) is 49.3 Å². The van der Waals surface area contributed by atoms with Crippen molar-refractivity contribution in [3.05, 3.63) is 22.8 Å². The molecule has 0 aromatic heterocycles. The summed E-state index contributed by atoms with van der Waals surface area (Å²) in [4.78, 5) is 13.1. The second kappa shape index (κ2) is 9.86. The van der Waals surface area contributed by atoms with Crippen LogP contribution in [-0.2, 0) is 17.8 Å². The summed E-state index contributed by atoms with van der Waals surface area (Å²) < 4.78 is 39.3. The summed E-state index contributed by atoms with van der Waals surface area (Å²) in [7, 11) is 9.15. The van der Waals surface area contributed by atoms with E-state index in [4.69, 9.17) is 33.2 Å². The van der Waals surface area contributed by atoms with Gasteiger partial charge in [-0.25, -0.2) is 4.79 Å². The van der Waals surface area contributed by atoms with E-state index in [0.29, 0.717) is 52.8 Å². The molecule has 0 bridgehead atoms. The Morgan fingerprint density at radius 3 is 1.91 bits per heavy atom. The third-order valence-electron chi connectivity index (χ3n) is 5.34. The highest BCUT2D eigenvalue weighted by atomic mass is 16.5. The van der Waals surface area contributed by atoms with Gasteiger partial charge in [0.25, 0.3) is 0 Å². The quantitative estimate of drug-likeness (QED) is 0.612. The van der Waals surface area contributed by atoms with Crippen molar-refractivity contribution in [2.45, 2.75) is 20.0 Å². The molecule has 174 valence electrons. The number of esters is 1. The average molecular weight is 447 g/mol. The maximum absolute atomic E-state index is 13.1. The van der Waals surface area contributed by atoms with Gasteiger partial charge in [-0.3, -0.25) is 0 Å². The molecule has 9 heteroatoms. The predicted molar refractivity (Wildman–Crippen MR) is 118 cm³/mol. The molecule has 2 aromatic carbocycles. The van der Waals surface area contributed by atoms with Crippen molar-refractivity contribution in [2.24, 2.45) is 0 Å². The second-order valence-electron chi connectivity index (χ2n) is 6.83. The van der Waals surface area contributed by atoms with Gasteiger partial charge < -0.3 is 38.5 Å². The van der Waals surface area contributed by atoms with Crippen LogP contribution in [0.15, 0.2) is 6.07 Å². The van der Waals surface area contributed by atoms with E-state index in [9.17, 15) is 4.79 Å². The zero-order valence-electron chi connectivity index (χ0n) is 19.5. The number of fused-ring (bicyclic) bond motifs is 3. The fourth-order valence-electron chi connectivity index (χ4n) is 4.11. The minimum Gasteiger partial charge on any atom is -0.493 e. The molecule has 1 N–H and O–H groups in total. The van der Waals surface area contributed by atoms with Crippen LogP contribution in [0.4, 0.5) is 0 Å². The lowest BCUT2D eigenvalue weighted by Crippen LogP contribution is -2.17. The Hall–Kier alpha value is -3.33. The molecule has 2 aromatic rings. The van der Waals surface area contributed by atoms with Gasteiger partial charge in [0.1, 0.15) is 5.56 Å². The van der Waals surface area contributed by atoms with Crippen molar-refractivity contribution in [1.29, 1.82) is 0 Å². The molecule has 9 nitrogen and oxygen atoms in total. The Kier molecular flexibility index (Phi) is 7.19. The average Bonchev–Trinajstić information content (AvgIpc) is 3.00. The van der Waals surface area contributed by atoms with Crippen LogP contribution < -0.4 is 33.7 Å². The number of methoxy groups -OCH3 is 6. The molecule has 0 amide bonds. The zero-order valence-corrected chi connectivity index (χ0v) is 19.5. The van der Waals surface area contributed by atoms with E-state index in [0.717, 1.165) is 5.56 Å².